The van der Waals surface area contributed by atoms with E-state index in [1.807, 2.05) is 53.7 Å². The van der Waals surface area contributed by atoms with Crippen molar-refractivity contribution >= 4 is 11.6 Å². The fraction of sp³-hybridized carbons (Fsp3) is 0.273. The first-order chi connectivity index (χ1) is 13.2. The van der Waals surface area contributed by atoms with Crippen LogP contribution in [0.3, 0.4) is 0 Å². The van der Waals surface area contributed by atoms with E-state index in [1.54, 1.807) is 6.26 Å². The number of benzene rings is 1. The van der Waals surface area contributed by atoms with Gasteiger partial charge in [-0.3, -0.25) is 9.78 Å². The van der Waals surface area contributed by atoms with Crippen LogP contribution in [-0.2, 0) is 0 Å². The smallest absolute Gasteiger partial charge is 0.253 e. The van der Waals surface area contributed by atoms with Gasteiger partial charge in [0, 0.05) is 55.4 Å². The third kappa shape index (κ3) is 3.72. The van der Waals surface area contributed by atoms with E-state index >= 15 is 0 Å². The summed E-state index contributed by atoms with van der Waals surface area (Å²) >= 11 is 0. The summed E-state index contributed by atoms with van der Waals surface area (Å²) in [4.78, 5) is 21.4. The third-order valence-corrected chi connectivity index (χ3v) is 5.05. The van der Waals surface area contributed by atoms with Crippen LogP contribution in [0.15, 0.2) is 65.5 Å². The van der Waals surface area contributed by atoms with Gasteiger partial charge in [0.2, 0.25) is 0 Å². The second kappa shape index (κ2) is 7.66. The number of anilines is 1. The van der Waals surface area contributed by atoms with Crippen molar-refractivity contribution in [1.82, 2.24) is 9.88 Å². The average molecular weight is 361 g/mol. The van der Waals surface area contributed by atoms with Crippen molar-refractivity contribution in [2.75, 3.05) is 31.1 Å². The zero-order valence-corrected chi connectivity index (χ0v) is 15.5. The molecule has 0 bridgehead atoms. The molecule has 0 aliphatic carbocycles. The molecule has 27 heavy (non-hydrogen) atoms. The topological polar surface area (TPSA) is 49.6 Å². The number of furan rings is 1. The van der Waals surface area contributed by atoms with E-state index in [2.05, 4.69) is 22.9 Å². The number of hydrogen-bond acceptors (Lipinski definition) is 4. The lowest BCUT2D eigenvalue weighted by molar-refractivity contribution is 0.0767. The Balaban J connectivity index is 1.44. The van der Waals surface area contributed by atoms with Crippen LogP contribution in [0.1, 0.15) is 22.3 Å². The molecule has 5 heteroatoms. The molecule has 4 rings (SSSR count). The standard InChI is InChI=1S/C22H23N3O2/c1-17-16-23-10-9-20(17)24-11-3-12-25(14-13-24)22(26)19-7-5-18(6-8-19)21-4-2-15-27-21/h2,4-10,15-16H,3,11-14H2,1H3. The molecule has 5 nitrogen and oxygen atoms in total. The van der Waals surface area contributed by atoms with Crippen molar-refractivity contribution < 1.29 is 9.21 Å². The van der Waals surface area contributed by atoms with Crippen LogP contribution < -0.4 is 4.90 Å². The van der Waals surface area contributed by atoms with Crippen molar-refractivity contribution in [3.63, 3.8) is 0 Å². The van der Waals surface area contributed by atoms with Crippen molar-refractivity contribution in [1.29, 1.82) is 0 Å². The molecule has 1 aliphatic rings. The molecule has 138 valence electrons. The first kappa shape index (κ1) is 17.3. The molecule has 0 unspecified atom stereocenters. The Morgan fingerprint density at radius 2 is 1.89 bits per heavy atom. The number of aryl methyl sites for hydroxylation is 1. The molecule has 0 radical (unpaired) electrons. The van der Waals surface area contributed by atoms with E-state index in [0.29, 0.717) is 0 Å². The van der Waals surface area contributed by atoms with Gasteiger partial charge in [-0.05, 0) is 49.2 Å². The molecule has 1 saturated heterocycles. The number of aromatic nitrogens is 1. The summed E-state index contributed by atoms with van der Waals surface area (Å²) in [5.41, 5.74) is 4.08. The van der Waals surface area contributed by atoms with Crippen LogP contribution in [0.25, 0.3) is 11.3 Å². The van der Waals surface area contributed by atoms with Gasteiger partial charge in [0.05, 0.1) is 6.26 Å². The number of hydrogen-bond donors (Lipinski definition) is 0. The normalized spacial score (nSPS) is 14.9. The lowest BCUT2D eigenvalue weighted by atomic mass is 10.1. The average Bonchev–Trinajstić information content (AvgIpc) is 3.13. The predicted octanol–water partition coefficient (Wildman–Crippen LogP) is 4.00. The predicted molar refractivity (Wildman–Crippen MR) is 106 cm³/mol. The summed E-state index contributed by atoms with van der Waals surface area (Å²) in [7, 11) is 0. The summed E-state index contributed by atoms with van der Waals surface area (Å²) in [6.45, 7) is 5.36. The van der Waals surface area contributed by atoms with Gasteiger partial charge in [-0.15, -0.1) is 0 Å². The minimum absolute atomic E-state index is 0.0919. The lowest BCUT2D eigenvalue weighted by Crippen LogP contribution is -2.35. The highest BCUT2D eigenvalue weighted by molar-refractivity contribution is 5.94. The van der Waals surface area contributed by atoms with Crippen LogP contribution in [0.5, 0.6) is 0 Å². The Morgan fingerprint density at radius 3 is 2.63 bits per heavy atom. The van der Waals surface area contributed by atoms with Crippen LogP contribution in [0.2, 0.25) is 0 Å². The molecule has 1 aliphatic heterocycles. The van der Waals surface area contributed by atoms with Gasteiger partial charge in [-0.25, -0.2) is 0 Å². The molecule has 0 N–H and O–H groups in total. The van der Waals surface area contributed by atoms with Crippen LogP contribution >= 0.6 is 0 Å². The molecule has 1 aromatic carbocycles. The Bertz CT molecular complexity index is 904. The second-order valence-electron chi connectivity index (χ2n) is 6.85. The maximum absolute atomic E-state index is 12.9. The molecule has 1 amide bonds. The van der Waals surface area contributed by atoms with E-state index in [9.17, 15) is 4.79 Å². The van der Waals surface area contributed by atoms with Gasteiger partial charge in [-0.1, -0.05) is 12.1 Å². The Morgan fingerprint density at radius 1 is 1.04 bits per heavy atom. The maximum atomic E-state index is 12.9. The quantitative estimate of drug-likeness (QED) is 0.707. The number of amides is 1. The van der Waals surface area contributed by atoms with Crippen molar-refractivity contribution in [3.8, 4) is 11.3 Å². The van der Waals surface area contributed by atoms with Gasteiger partial charge < -0.3 is 14.2 Å². The molecule has 0 atom stereocenters. The molecule has 1 fully saturated rings. The fourth-order valence-corrected chi connectivity index (χ4v) is 3.58. The minimum atomic E-state index is 0.0919. The Hall–Kier alpha value is -3.08. The first-order valence-electron chi connectivity index (χ1n) is 9.31. The van der Waals surface area contributed by atoms with Crippen LogP contribution in [-0.4, -0.2) is 42.0 Å². The van der Waals surface area contributed by atoms with E-state index in [-0.39, 0.29) is 5.91 Å². The zero-order valence-electron chi connectivity index (χ0n) is 15.5. The summed E-state index contributed by atoms with van der Waals surface area (Å²) in [5, 5.41) is 0. The summed E-state index contributed by atoms with van der Waals surface area (Å²) in [6.07, 6.45) is 6.33. The molecule has 0 saturated carbocycles. The lowest BCUT2D eigenvalue weighted by Gasteiger charge is -2.25. The first-order valence-corrected chi connectivity index (χ1v) is 9.31. The molecule has 0 spiro atoms. The summed E-state index contributed by atoms with van der Waals surface area (Å²) in [5.74, 6) is 0.904. The second-order valence-corrected chi connectivity index (χ2v) is 6.85. The minimum Gasteiger partial charge on any atom is -0.464 e. The highest BCUT2D eigenvalue weighted by Gasteiger charge is 2.21. The van der Waals surface area contributed by atoms with Crippen molar-refractivity contribution in [2.45, 2.75) is 13.3 Å². The van der Waals surface area contributed by atoms with E-state index in [4.69, 9.17) is 4.42 Å². The molecule has 3 heterocycles. The zero-order chi connectivity index (χ0) is 18.6. The van der Waals surface area contributed by atoms with Crippen molar-refractivity contribution in [2.24, 2.45) is 0 Å². The van der Waals surface area contributed by atoms with Crippen molar-refractivity contribution in [3.05, 3.63) is 72.2 Å². The van der Waals surface area contributed by atoms with Gasteiger partial charge in [-0.2, -0.15) is 0 Å². The van der Waals surface area contributed by atoms with Gasteiger partial charge in [0.15, 0.2) is 0 Å². The highest BCUT2D eigenvalue weighted by atomic mass is 16.3. The summed E-state index contributed by atoms with van der Waals surface area (Å²) < 4.78 is 5.41. The van der Waals surface area contributed by atoms with E-state index in [0.717, 1.165) is 49.5 Å². The number of nitrogens with zero attached hydrogens (tertiary/aromatic N) is 3. The number of carbonyl (C=O) groups excluding carboxylic acids is 1. The maximum Gasteiger partial charge on any atom is 0.253 e. The van der Waals surface area contributed by atoms with E-state index < -0.39 is 0 Å². The molecule has 2 aromatic heterocycles. The molecular formula is C22H23N3O2. The van der Waals surface area contributed by atoms with Gasteiger partial charge >= 0.3 is 0 Å². The van der Waals surface area contributed by atoms with Crippen LogP contribution in [0, 0.1) is 6.92 Å². The third-order valence-electron chi connectivity index (χ3n) is 5.05. The fourth-order valence-electron chi connectivity index (χ4n) is 3.58. The molecule has 3 aromatic rings. The molecular weight excluding hydrogens is 338 g/mol. The highest BCUT2D eigenvalue weighted by Crippen LogP contribution is 2.22. The SMILES string of the molecule is Cc1cnccc1N1CCCN(C(=O)c2ccc(-c3ccco3)cc2)CC1. The Labute approximate surface area is 159 Å². The monoisotopic (exact) mass is 361 g/mol. The summed E-state index contributed by atoms with van der Waals surface area (Å²) in [6, 6.07) is 13.5. The Kier molecular flexibility index (Phi) is 4.92. The van der Waals surface area contributed by atoms with Gasteiger partial charge in [0.25, 0.3) is 5.91 Å². The number of rotatable bonds is 3. The van der Waals surface area contributed by atoms with E-state index in [1.165, 1.54) is 11.3 Å². The van der Waals surface area contributed by atoms with Crippen LogP contribution in [0.4, 0.5) is 5.69 Å². The number of carbonyl (C=O) groups is 1. The van der Waals surface area contributed by atoms with Gasteiger partial charge in [0.1, 0.15) is 5.76 Å². The number of pyridine rings is 1. The largest absolute Gasteiger partial charge is 0.464 e.